The van der Waals surface area contributed by atoms with Gasteiger partial charge in [0.15, 0.2) is 0 Å². The highest BCUT2D eigenvalue weighted by atomic mass is 15.2. The Morgan fingerprint density at radius 1 is 0.326 bits per heavy atom. The van der Waals surface area contributed by atoms with Gasteiger partial charge in [-0.3, -0.25) is 0 Å². The van der Waals surface area contributed by atoms with Crippen LogP contribution in [0, 0.1) is 0 Å². The van der Waals surface area contributed by atoms with E-state index in [0.29, 0.717) is 0 Å². The lowest BCUT2D eigenvalue weighted by molar-refractivity contribution is 1.15. The molecule has 0 N–H and O–H groups in total. The Balaban J connectivity index is 1.29. The second kappa shape index (κ2) is 9.75. The van der Waals surface area contributed by atoms with Gasteiger partial charge in [-0.1, -0.05) is 109 Å². The molecule has 0 radical (unpaired) electrons. The normalized spacial score (nSPS) is 13.1. The third kappa shape index (κ3) is 3.44. The molecule has 0 saturated carbocycles. The molecule has 46 heavy (non-hydrogen) atoms. The molecule has 0 amide bonds. The van der Waals surface area contributed by atoms with Gasteiger partial charge < -0.3 is 14.4 Å². The van der Waals surface area contributed by atoms with Crippen molar-refractivity contribution >= 4 is 79.0 Å². The number of para-hydroxylation sites is 7. The Morgan fingerprint density at radius 3 is 1.43 bits per heavy atom. The molecular formula is C42H28BN3. The van der Waals surface area contributed by atoms with Crippen LogP contribution < -0.4 is 26.2 Å². The van der Waals surface area contributed by atoms with E-state index in [4.69, 9.17) is 0 Å². The molecule has 0 spiro atoms. The summed E-state index contributed by atoms with van der Waals surface area (Å²) in [5.41, 5.74) is 14.8. The Hall–Kier alpha value is -6.00. The van der Waals surface area contributed by atoms with Crippen LogP contribution in [0.1, 0.15) is 0 Å². The lowest BCUT2D eigenvalue weighted by atomic mass is 9.33. The van der Waals surface area contributed by atoms with Crippen LogP contribution in [-0.2, 0) is 0 Å². The summed E-state index contributed by atoms with van der Waals surface area (Å²) in [5, 5.41) is 2.53. The monoisotopic (exact) mass is 585 g/mol. The summed E-state index contributed by atoms with van der Waals surface area (Å²) >= 11 is 0. The number of hydrogen-bond donors (Lipinski definition) is 0. The number of hydrogen-bond acceptors (Lipinski definition) is 2. The van der Waals surface area contributed by atoms with Gasteiger partial charge in [0, 0.05) is 39.2 Å². The van der Waals surface area contributed by atoms with Gasteiger partial charge in [0.05, 0.1) is 22.4 Å². The molecule has 0 unspecified atom stereocenters. The van der Waals surface area contributed by atoms with E-state index in [1.165, 1.54) is 60.9 Å². The maximum atomic E-state index is 2.50. The number of rotatable bonds is 3. The first-order valence-electron chi connectivity index (χ1n) is 15.9. The van der Waals surface area contributed by atoms with E-state index >= 15 is 0 Å². The summed E-state index contributed by atoms with van der Waals surface area (Å²) in [6.07, 6.45) is 0. The summed E-state index contributed by atoms with van der Waals surface area (Å²) < 4.78 is 2.44. The molecule has 214 valence electrons. The molecule has 3 nitrogen and oxygen atoms in total. The average Bonchev–Trinajstić information content (AvgIpc) is 3.46. The minimum absolute atomic E-state index is 0.121. The van der Waals surface area contributed by atoms with Crippen molar-refractivity contribution in [1.29, 1.82) is 0 Å². The first-order chi connectivity index (χ1) is 22.9. The van der Waals surface area contributed by atoms with Gasteiger partial charge in [-0.05, 0) is 77.1 Å². The maximum Gasteiger partial charge on any atom is 0.252 e. The van der Waals surface area contributed by atoms with Gasteiger partial charge in [-0.2, -0.15) is 0 Å². The third-order valence-electron chi connectivity index (χ3n) is 9.77. The molecule has 3 heterocycles. The van der Waals surface area contributed by atoms with Gasteiger partial charge in [0.25, 0.3) is 6.71 Å². The third-order valence-corrected chi connectivity index (χ3v) is 9.77. The molecule has 1 aromatic heterocycles. The fourth-order valence-corrected chi connectivity index (χ4v) is 7.97. The SMILES string of the molecule is c1ccc(N2c3ccccc3B3c4ccccc4N(c4ccccc4-n4c5ccccc5c5ccccc54)c4cccc2c43)cc1. The zero-order chi connectivity index (χ0) is 30.2. The van der Waals surface area contributed by atoms with Crippen LogP contribution in [0.5, 0.6) is 0 Å². The highest BCUT2D eigenvalue weighted by Gasteiger charge is 2.43. The number of benzene rings is 7. The van der Waals surface area contributed by atoms with Crippen molar-refractivity contribution in [3.63, 3.8) is 0 Å². The van der Waals surface area contributed by atoms with Gasteiger partial charge in [-0.25, -0.2) is 0 Å². The van der Waals surface area contributed by atoms with Crippen LogP contribution in [-0.4, -0.2) is 11.3 Å². The fourth-order valence-electron chi connectivity index (χ4n) is 7.97. The fraction of sp³-hybridized carbons (Fsp3) is 0. The van der Waals surface area contributed by atoms with Crippen LogP contribution in [0.3, 0.4) is 0 Å². The standard InChI is InChI=1S/C42H28BN3/c1-2-15-29(16-3-1)44-36-23-10-6-19-32(36)43-33-20-7-11-24-37(33)46(41-28-14-27-40(44)42(41)43)39-26-13-12-25-38(39)45-34-21-8-4-17-30(34)31-18-5-9-22-35(31)45/h1-28H. The van der Waals surface area contributed by atoms with E-state index in [1.54, 1.807) is 0 Å². The molecule has 0 fully saturated rings. The molecule has 2 aliphatic rings. The predicted molar refractivity (Wildman–Crippen MR) is 195 cm³/mol. The van der Waals surface area contributed by atoms with Crippen molar-refractivity contribution in [2.24, 2.45) is 0 Å². The molecule has 0 atom stereocenters. The second-order valence-electron chi connectivity index (χ2n) is 12.1. The van der Waals surface area contributed by atoms with Crippen molar-refractivity contribution < 1.29 is 0 Å². The Kier molecular flexibility index (Phi) is 5.37. The molecule has 0 aliphatic carbocycles. The number of aromatic nitrogens is 1. The van der Waals surface area contributed by atoms with Crippen LogP contribution in [0.4, 0.5) is 34.1 Å². The van der Waals surface area contributed by atoms with Crippen LogP contribution >= 0.6 is 0 Å². The van der Waals surface area contributed by atoms with Crippen LogP contribution in [0.15, 0.2) is 170 Å². The quantitative estimate of drug-likeness (QED) is 0.192. The van der Waals surface area contributed by atoms with E-state index < -0.39 is 0 Å². The minimum Gasteiger partial charge on any atom is -0.311 e. The minimum atomic E-state index is 0.121. The van der Waals surface area contributed by atoms with Crippen LogP contribution in [0.25, 0.3) is 27.5 Å². The zero-order valence-electron chi connectivity index (χ0n) is 25.1. The Morgan fingerprint density at radius 2 is 0.783 bits per heavy atom. The topological polar surface area (TPSA) is 11.4 Å². The Bertz CT molecular complexity index is 2410. The molecule has 10 rings (SSSR count). The van der Waals surface area contributed by atoms with Crippen LogP contribution in [0.2, 0.25) is 0 Å². The number of anilines is 6. The van der Waals surface area contributed by atoms with E-state index in [-0.39, 0.29) is 6.71 Å². The first kappa shape index (κ1) is 25.3. The number of fused-ring (bicyclic) bond motifs is 7. The molecule has 7 aromatic carbocycles. The van der Waals surface area contributed by atoms with Crippen molar-refractivity contribution in [1.82, 2.24) is 4.57 Å². The smallest absolute Gasteiger partial charge is 0.252 e. The molecule has 0 bridgehead atoms. The van der Waals surface area contributed by atoms with Crippen molar-refractivity contribution in [2.75, 3.05) is 9.80 Å². The summed E-state index contributed by atoms with van der Waals surface area (Å²) in [5.74, 6) is 0. The average molecular weight is 586 g/mol. The van der Waals surface area contributed by atoms with Crippen molar-refractivity contribution in [3.05, 3.63) is 170 Å². The first-order valence-corrected chi connectivity index (χ1v) is 15.9. The second-order valence-corrected chi connectivity index (χ2v) is 12.1. The molecule has 2 aliphatic heterocycles. The van der Waals surface area contributed by atoms with Gasteiger partial charge in [0.1, 0.15) is 0 Å². The van der Waals surface area contributed by atoms with E-state index in [2.05, 4.69) is 184 Å². The highest BCUT2D eigenvalue weighted by Crippen LogP contribution is 2.46. The number of nitrogens with zero attached hydrogens (tertiary/aromatic N) is 3. The van der Waals surface area contributed by atoms with Gasteiger partial charge >= 0.3 is 0 Å². The van der Waals surface area contributed by atoms with E-state index in [1.807, 2.05) is 0 Å². The lowest BCUT2D eigenvalue weighted by Gasteiger charge is -2.44. The van der Waals surface area contributed by atoms with Crippen molar-refractivity contribution in [2.45, 2.75) is 0 Å². The predicted octanol–water partition coefficient (Wildman–Crippen LogP) is 8.87. The van der Waals surface area contributed by atoms with Gasteiger partial charge in [0.2, 0.25) is 0 Å². The summed E-state index contributed by atoms with van der Waals surface area (Å²) in [7, 11) is 0. The van der Waals surface area contributed by atoms with Gasteiger partial charge in [-0.15, -0.1) is 0 Å². The maximum absolute atomic E-state index is 2.50. The van der Waals surface area contributed by atoms with E-state index in [9.17, 15) is 0 Å². The molecule has 0 saturated heterocycles. The van der Waals surface area contributed by atoms with Crippen molar-refractivity contribution in [3.8, 4) is 5.69 Å². The van der Waals surface area contributed by atoms with E-state index in [0.717, 1.165) is 17.1 Å². The zero-order valence-corrected chi connectivity index (χ0v) is 25.1. The molecule has 4 heteroatoms. The largest absolute Gasteiger partial charge is 0.311 e. The summed E-state index contributed by atoms with van der Waals surface area (Å²) in [6.45, 7) is 0.121. The summed E-state index contributed by atoms with van der Waals surface area (Å²) in [4.78, 5) is 4.94. The highest BCUT2D eigenvalue weighted by molar-refractivity contribution is 7.00. The Labute approximate surface area is 268 Å². The molecular weight excluding hydrogens is 557 g/mol. The summed E-state index contributed by atoms with van der Waals surface area (Å²) in [6, 6.07) is 61.9. The lowest BCUT2D eigenvalue weighted by Crippen LogP contribution is -2.61. The molecule has 8 aromatic rings.